The van der Waals surface area contributed by atoms with Crippen molar-refractivity contribution in [2.24, 2.45) is 0 Å². The van der Waals surface area contributed by atoms with Crippen LogP contribution in [0.5, 0.6) is 5.75 Å². The average Bonchev–Trinajstić information content (AvgIpc) is 2.86. The Morgan fingerprint density at radius 2 is 2.22 bits per heavy atom. The molecule has 5 nitrogen and oxygen atoms in total. The van der Waals surface area contributed by atoms with Crippen LogP contribution in [-0.4, -0.2) is 35.9 Å². The van der Waals surface area contributed by atoms with Gasteiger partial charge in [-0.1, -0.05) is 9.24 Å². The minimum atomic E-state index is -1.53. The molecule has 0 radical (unpaired) electrons. The number of hydrogen-bond donors (Lipinski definition) is 1. The van der Waals surface area contributed by atoms with Crippen molar-refractivity contribution >= 4 is 41.9 Å². The highest BCUT2D eigenvalue weighted by atomic mass is 79.9. The highest BCUT2D eigenvalue weighted by molar-refractivity contribution is 9.10. The van der Waals surface area contributed by atoms with Gasteiger partial charge in [0.15, 0.2) is 0 Å². The lowest BCUT2D eigenvalue weighted by Gasteiger charge is -2.08. The zero-order chi connectivity index (χ0) is 17.1. The number of benzene rings is 1. The molecule has 0 amide bonds. The summed E-state index contributed by atoms with van der Waals surface area (Å²) in [7, 11) is 5.36. The Labute approximate surface area is 143 Å². The van der Waals surface area contributed by atoms with Crippen molar-refractivity contribution < 1.29 is 13.9 Å². The fourth-order valence-corrected chi connectivity index (χ4v) is 2.59. The number of nitrogens with one attached hydrogen (secondary N) is 1. The summed E-state index contributed by atoms with van der Waals surface area (Å²) in [6.07, 6.45) is -0.0719. The van der Waals surface area contributed by atoms with Crippen LogP contribution in [0.15, 0.2) is 34.4 Å². The molecular formula is C15H14BrFN3O2P. The quantitative estimate of drug-likeness (QED) is 0.362. The molecule has 0 bridgehead atoms. The Bertz CT molecular complexity index is 824. The van der Waals surface area contributed by atoms with E-state index in [1.165, 1.54) is 6.20 Å². The van der Waals surface area contributed by atoms with Crippen LogP contribution in [0.4, 0.5) is 4.39 Å². The molecule has 1 aromatic heterocycles. The van der Waals surface area contributed by atoms with E-state index in [4.69, 9.17) is 10.00 Å². The maximum Gasteiger partial charge on any atom is 0.249 e. The fourth-order valence-electron chi connectivity index (χ4n) is 2.01. The molecule has 1 heterocycles. The Morgan fingerprint density at radius 1 is 1.52 bits per heavy atom. The predicted octanol–water partition coefficient (Wildman–Crippen LogP) is 3.59. The summed E-state index contributed by atoms with van der Waals surface area (Å²) in [6.45, 7) is 0. The maximum absolute atomic E-state index is 13.0. The van der Waals surface area contributed by atoms with E-state index in [1.54, 1.807) is 37.2 Å². The van der Waals surface area contributed by atoms with Crippen molar-refractivity contribution in [3.8, 4) is 11.8 Å². The van der Waals surface area contributed by atoms with Crippen LogP contribution in [-0.2, 0) is 0 Å². The first-order chi connectivity index (χ1) is 10.8. The molecule has 2 aromatic rings. The third-order valence-corrected chi connectivity index (χ3v) is 3.67. The molecule has 0 saturated heterocycles. The minimum Gasteiger partial charge on any atom is -0.456 e. The number of carbonyl (C=O) groups is 1. The van der Waals surface area contributed by atoms with Gasteiger partial charge in [-0.15, -0.1) is 0 Å². The Kier molecular flexibility index (Phi) is 5.40. The van der Waals surface area contributed by atoms with Crippen molar-refractivity contribution in [3.05, 3.63) is 40.1 Å². The zero-order valence-corrected chi connectivity index (χ0v) is 15.2. The molecule has 23 heavy (non-hydrogen) atoms. The monoisotopic (exact) mass is 397 g/mol. The number of ether oxygens (including phenoxy) is 1. The Balaban J connectivity index is 2.44. The van der Waals surface area contributed by atoms with E-state index < -0.39 is 11.9 Å². The summed E-state index contributed by atoms with van der Waals surface area (Å²) in [5, 5.41) is 9.80. The van der Waals surface area contributed by atoms with E-state index in [0.29, 0.717) is 21.1 Å². The largest absolute Gasteiger partial charge is 0.456 e. The third-order valence-electron chi connectivity index (χ3n) is 2.91. The second kappa shape index (κ2) is 7.12. The topological polar surface area (TPSA) is 69.1 Å². The first-order valence-electron chi connectivity index (χ1n) is 6.53. The number of allylic oxidation sites excluding steroid dienone is 1. The summed E-state index contributed by atoms with van der Waals surface area (Å²) in [5.41, 5.74) is 0.973. The molecule has 0 aliphatic rings. The smallest absolute Gasteiger partial charge is 0.249 e. The van der Waals surface area contributed by atoms with Crippen LogP contribution in [0.3, 0.4) is 0 Å². The molecule has 0 aliphatic heterocycles. The number of fused-ring (bicyclic) bond motifs is 1. The van der Waals surface area contributed by atoms with Gasteiger partial charge in [0, 0.05) is 31.2 Å². The van der Waals surface area contributed by atoms with Crippen LogP contribution in [0, 0.1) is 11.3 Å². The van der Waals surface area contributed by atoms with Crippen LogP contribution >= 0.6 is 25.2 Å². The number of carbonyl (C=O) groups excluding carboxylic acids is 1. The van der Waals surface area contributed by atoms with E-state index in [0.717, 1.165) is 0 Å². The Hall–Kier alpha value is -1.90. The van der Waals surface area contributed by atoms with Crippen LogP contribution < -0.4 is 4.74 Å². The second-order valence-electron chi connectivity index (χ2n) is 4.97. The van der Waals surface area contributed by atoms with E-state index in [1.807, 2.05) is 15.3 Å². The maximum atomic E-state index is 13.0. The summed E-state index contributed by atoms with van der Waals surface area (Å²) in [5.74, 6) is -0.0901. The highest BCUT2D eigenvalue weighted by Gasteiger charge is 2.17. The number of nitrogens with zero attached hydrogens (tertiary/aromatic N) is 2. The number of nitriles is 1. The lowest BCUT2D eigenvalue weighted by atomic mass is 10.1. The van der Waals surface area contributed by atoms with Gasteiger partial charge in [0.25, 0.3) is 0 Å². The van der Waals surface area contributed by atoms with Crippen LogP contribution in [0.1, 0.15) is 10.5 Å². The first kappa shape index (κ1) is 17.5. The predicted molar refractivity (Wildman–Crippen MR) is 92.9 cm³/mol. The molecule has 0 saturated carbocycles. The van der Waals surface area contributed by atoms with Crippen molar-refractivity contribution in [2.45, 2.75) is 6.10 Å². The molecule has 1 N–H and O–H groups in total. The average molecular weight is 398 g/mol. The summed E-state index contributed by atoms with van der Waals surface area (Å²) in [4.78, 5) is 17.0. The molecule has 0 aliphatic carbocycles. The molecule has 2 atom stereocenters. The number of Topliss-reactive ketones (excluding diaryl/α,β-unsaturated/α-hetero) is 1. The van der Waals surface area contributed by atoms with Gasteiger partial charge in [0.1, 0.15) is 17.4 Å². The number of H-pyrrole nitrogens is 1. The number of rotatable bonds is 5. The molecule has 120 valence electrons. The van der Waals surface area contributed by atoms with Gasteiger partial charge in [-0.05, 0) is 34.1 Å². The fraction of sp³-hybridized carbons (Fsp3) is 0.200. The highest BCUT2D eigenvalue weighted by Crippen LogP contribution is 2.32. The summed E-state index contributed by atoms with van der Waals surface area (Å²) < 4.78 is 18.6. The first-order valence-corrected chi connectivity index (χ1v) is 7.99. The molecule has 2 unspecified atom stereocenters. The molecule has 8 heteroatoms. The molecule has 0 spiro atoms. The number of hydrogen-bond acceptors (Lipinski definition) is 4. The van der Waals surface area contributed by atoms with Gasteiger partial charge in [-0.25, -0.2) is 0 Å². The number of ketones is 1. The molecule has 2 rings (SSSR count). The molecular weight excluding hydrogens is 384 g/mol. The normalized spacial score (nSPS) is 12.8. The van der Waals surface area contributed by atoms with Gasteiger partial charge in [-0.2, -0.15) is 9.65 Å². The van der Waals surface area contributed by atoms with Crippen molar-refractivity contribution in [2.75, 3.05) is 14.1 Å². The van der Waals surface area contributed by atoms with E-state index in [-0.39, 0.29) is 11.3 Å². The SMILES string of the molecule is CN(C)/C=C(\C#N)C(=O)c1cc2cc(OC(F)P)c(Br)cc2[nH]1. The molecule has 1 aromatic carbocycles. The number of aromatic nitrogens is 1. The summed E-state index contributed by atoms with van der Waals surface area (Å²) >= 11 is 3.29. The lowest BCUT2D eigenvalue weighted by Crippen LogP contribution is -2.09. The molecule has 0 fully saturated rings. The lowest BCUT2D eigenvalue weighted by molar-refractivity contribution is 0.103. The van der Waals surface area contributed by atoms with Gasteiger partial charge < -0.3 is 14.6 Å². The minimum absolute atomic E-state index is 0.0193. The van der Waals surface area contributed by atoms with Crippen molar-refractivity contribution in [3.63, 3.8) is 0 Å². The van der Waals surface area contributed by atoms with Crippen LogP contribution in [0.2, 0.25) is 0 Å². The van der Waals surface area contributed by atoms with Gasteiger partial charge in [-0.3, -0.25) is 4.79 Å². The standard InChI is InChI=1S/C15H14BrFN3O2P/c1-20(2)7-9(6-18)14(21)12-3-8-4-13(22-15(17)23)10(16)5-11(8)19-12/h3-5,7,15,19H,23H2,1-2H3/b9-7+. The third kappa shape index (κ3) is 4.10. The van der Waals surface area contributed by atoms with Gasteiger partial charge in [0.2, 0.25) is 11.9 Å². The second-order valence-corrected chi connectivity index (χ2v) is 6.35. The Morgan fingerprint density at radius 3 is 2.78 bits per heavy atom. The van der Waals surface area contributed by atoms with E-state index >= 15 is 0 Å². The van der Waals surface area contributed by atoms with E-state index in [9.17, 15) is 9.18 Å². The summed E-state index contributed by atoms with van der Waals surface area (Å²) in [6, 6.07) is 6.80. The van der Waals surface area contributed by atoms with Crippen molar-refractivity contribution in [1.29, 1.82) is 5.26 Å². The zero-order valence-electron chi connectivity index (χ0n) is 12.4. The van der Waals surface area contributed by atoms with Crippen LogP contribution in [0.25, 0.3) is 10.9 Å². The number of aromatic amines is 1. The number of alkyl halides is 1. The van der Waals surface area contributed by atoms with Crippen molar-refractivity contribution in [1.82, 2.24) is 9.88 Å². The number of halogens is 2. The van der Waals surface area contributed by atoms with Gasteiger partial charge in [0.05, 0.1) is 10.2 Å². The van der Waals surface area contributed by atoms with Gasteiger partial charge >= 0.3 is 0 Å². The van der Waals surface area contributed by atoms with E-state index in [2.05, 4.69) is 20.9 Å².